The van der Waals surface area contributed by atoms with Gasteiger partial charge in [0.05, 0.1) is 17.7 Å². The van der Waals surface area contributed by atoms with E-state index < -0.39 is 10.8 Å². The maximum absolute atomic E-state index is 12.2. The summed E-state index contributed by atoms with van der Waals surface area (Å²) < 4.78 is 5.88. The molecule has 0 radical (unpaired) electrons. The standard InChI is InChI=1S/C14H12IN3O4/c1-8-10(15)4-6-13(16-8)17-14(19)9-3-5-12(22-2)11(7-9)18(20)21/h3-7H,1-2H3,(H,16,17,19). The van der Waals surface area contributed by atoms with E-state index in [9.17, 15) is 14.9 Å². The number of carbonyl (C=O) groups is 1. The number of aromatic nitrogens is 1. The minimum absolute atomic E-state index is 0.102. The van der Waals surface area contributed by atoms with Crippen LogP contribution >= 0.6 is 22.6 Å². The van der Waals surface area contributed by atoms with Gasteiger partial charge in [-0.15, -0.1) is 0 Å². The summed E-state index contributed by atoms with van der Waals surface area (Å²) in [6.45, 7) is 1.83. The number of methoxy groups -OCH3 is 1. The number of nitro benzene ring substituents is 1. The van der Waals surface area contributed by atoms with Gasteiger partial charge in [-0.3, -0.25) is 14.9 Å². The largest absolute Gasteiger partial charge is 0.490 e. The molecular formula is C14H12IN3O4. The Morgan fingerprint density at radius 1 is 1.36 bits per heavy atom. The average Bonchev–Trinajstić information content (AvgIpc) is 2.50. The van der Waals surface area contributed by atoms with Crippen LogP contribution in [0, 0.1) is 20.6 Å². The monoisotopic (exact) mass is 413 g/mol. The third-order valence-corrected chi connectivity index (χ3v) is 4.04. The van der Waals surface area contributed by atoms with Crippen molar-refractivity contribution < 1.29 is 14.5 Å². The Hall–Kier alpha value is -2.23. The van der Waals surface area contributed by atoms with Crippen LogP contribution in [0.2, 0.25) is 0 Å². The predicted molar refractivity (Wildman–Crippen MR) is 89.3 cm³/mol. The summed E-state index contributed by atoms with van der Waals surface area (Å²) in [5, 5.41) is 13.6. The molecule has 2 rings (SSSR count). The smallest absolute Gasteiger partial charge is 0.311 e. The van der Waals surface area contributed by atoms with E-state index in [1.807, 2.05) is 13.0 Å². The number of ether oxygens (including phenoxy) is 1. The molecule has 0 unspecified atom stereocenters. The van der Waals surface area contributed by atoms with Crippen LogP contribution in [-0.2, 0) is 0 Å². The van der Waals surface area contributed by atoms with E-state index in [1.54, 1.807) is 6.07 Å². The highest BCUT2D eigenvalue weighted by molar-refractivity contribution is 14.1. The van der Waals surface area contributed by atoms with E-state index in [0.717, 1.165) is 9.26 Å². The van der Waals surface area contributed by atoms with Gasteiger partial charge < -0.3 is 10.1 Å². The van der Waals surface area contributed by atoms with Crippen LogP contribution in [0.15, 0.2) is 30.3 Å². The minimum atomic E-state index is -0.594. The topological polar surface area (TPSA) is 94.4 Å². The predicted octanol–water partition coefficient (Wildman–Crippen LogP) is 3.16. The normalized spacial score (nSPS) is 10.1. The molecule has 1 amide bonds. The number of aryl methyl sites for hydroxylation is 1. The molecule has 1 aromatic carbocycles. The lowest BCUT2D eigenvalue weighted by atomic mass is 10.1. The molecule has 2 aromatic rings. The highest BCUT2D eigenvalue weighted by Gasteiger charge is 2.18. The highest BCUT2D eigenvalue weighted by Crippen LogP contribution is 2.27. The van der Waals surface area contributed by atoms with E-state index in [1.165, 1.54) is 25.3 Å². The second-order valence-corrected chi connectivity index (χ2v) is 5.52. The Labute approximate surface area is 140 Å². The first-order valence-corrected chi connectivity index (χ1v) is 7.27. The number of rotatable bonds is 4. The van der Waals surface area contributed by atoms with Crippen molar-refractivity contribution in [2.45, 2.75) is 6.92 Å². The van der Waals surface area contributed by atoms with Gasteiger partial charge in [-0.2, -0.15) is 0 Å². The first-order chi connectivity index (χ1) is 10.4. The number of anilines is 1. The molecule has 0 aliphatic carbocycles. The molecule has 0 atom stereocenters. The summed E-state index contributed by atoms with van der Waals surface area (Å²) in [4.78, 5) is 26.8. The van der Waals surface area contributed by atoms with Crippen molar-refractivity contribution in [1.82, 2.24) is 4.98 Å². The summed E-state index contributed by atoms with van der Waals surface area (Å²) in [6.07, 6.45) is 0. The van der Waals surface area contributed by atoms with Gasteiger partial charge in [-0.25, -0.2) is 4.98 Å². The number of nitrogens with one attached hydrogen (secondary N) is 1. The average molecular weight is 413 g/mol. The molecule has 1 N–H and O–H groups in total. The molecule has 7 nitrogen and oxygen atoms in total. The van der Waals surface area contributed by atoms with E-state index in [0.29, 0.717) is 5.82 Å². The number of nitro groups is 1. The first kappa shape index (κ1) is 16.1. The maximum Gasteiger partial charge on any atom is 0.311 e. The summed E-state index contributed by atoms with van der Waals surface area (Å²) in [5.41, 5.74) is 0.687. The van der Waals surface area contributed by atoms with Crippen molar-refractivity contribution in [2.75, 3.05) is 12.4 Å². The fraction of sp³-hybridized carbons (Fsp3) is 0.143. The van der Waals surface area contributed by atoms with Crippen LogP contribution in [0.4, 0.5) is 11.5 Å². The van der Waals surface area contributed by atoms with E-state index >= 15 is 0 Å². The molecule has 0 spiro atoms. The lowest BCUT2D eigenvalue weighted by molar-refractivity contribution is -0.385. The first-order valence-electron chi connectivity index (χ1n) is 6.19. The number of pyridine rings is 1. The Balaban J connectivity index is 2.27. The van der Waals surface area contributed by atoms with Gasteiger partial charge in [0, 0.05) is 15.2 Å². The lowest BCUT2D eigenvalue weighted by Gasteiger charge is -2.07. The Morgan fingerprint density at radius 2 is 2.09 bits per heavy atom. The Bertz CT molecular complexity index is 749. The van der Waals surface area contributed by atoms with Gasteiger partial charge >= 0.3 is 5.69 Å². The molecule has 0 bridgehead atoms. The molecule has 22 heavy (non-hydrogen) atoms. The summed E-state index contributed by atoms with van der Waals surface area (Å²) in [7, 11) is 1.33. The number of hydrogen-bond donors (Lipinski definition) is 1. The minimum Gasteiger partial charge on any atom is -0.490 e. The summed E-state index contributed by atoms with van der Waals surface area (Å²) >= 11 is 2.14. The van der Waals surface area contributed by atoms with E-state index in [-0.39, 0.29) is 17.0 Å². The molecule has 1 heterocycles. The highest BCUT2D eigenvalue weighted by atomic mass is 127. The Kier molecular flexibility index (Phi) is 4.91. The van der Waals surface area contributed by atoms with Crippen LogP contribution in [0.25, 0.3) is 0 Å². The molecule has 0 aliphatic rings. The van der Waals surface area contributed by atoms with Gasteiger partial charge in [-0.1, -0.05) is 0 Å². The zero-order valence-electron chi connectivity index (χ0n) is 11.8. The molecule has 8 heteroatoms. The van der Waals surface area contributed by atoms with Crippen molar-refractivity contribution in [2.24, 2.45) is 0 Å². The molecular weight excluding hydrogens is 401 g/mol. The number of nitrogens with zero attached hydrogens (tertiary/aromatic N) is 2. The fourth-order valence-electron chi connectivity index (χ4n) is 1.78. The fourth-order valence-corrected chi connectivity index (χ4v) is 2.08. The third-order valence-electron chi connectivity index (χ3n) is 2.90. The van der Waals surface area contributed by atoms with Crippen molar-refractivity contribution in [3.63, 3.8) is 0 Å². The van der Waals surface area contributed by atoms with Gasteiger partial charge in [0.25, 0.3) is 5.91 Å². The molecule has 0 fully saturated rings. The van der Waals surface area contributed by atoms with Crippen LogP contribution in [-0.4, -0.2) is 22.9 Å². The maximum atomic E-state index is 12.2. The quantitative estimate of drug-likeness (QED) is 0.472. The van der Waals surface area contributed by atoms with Crippen molar-refractivity contribution >= 4 is 40.0 Å². The van der Waals surface area contributed by atoms with Crippen LogP contribution in [0.5, 0.6) is 5.75 Å². The number of amides is 1. The molecule has 0 saturated heterocycles. The summed E-state index contributed by atoms with van der Waals surface area (Å²) in [6, 6.07) is 7.52. The number of halogens is 1. The van der Waals surface area contributed by atoms with E-state index in [2.05, 4.69) is 32.9 Å². The zero-order valence-corrected chi connectivity index (χ0v) is 13.9. The second-order valence-electron chi connectivity index (χ2n) is 4.36. The Morgan fingerprint density at radius 3 is 2.68 bits per heavy atom. The number of carbonyl (C=O) groups excluding carboxylic acids is 1. The van der Waals surface area contributed by atoms with Crippen molar-refractivity contribution in [3.05, 3.63) is 55.3 Å². The van der Waals surface area contributed by atoms with Gasteiger partial charge in [0.1, 0.15) is 5.82 Å². The van der Waals surface area contributed by atoms with E-state index in [4.69, 9.17) is 4.74 Å². The summed E-state index contributed by atoms with van der Waals surface area (Å²) in [5.74, 6) is 0.0185. The molecule has 0 saturated carbocycles. The SMILES string of the molecule is COc1ccc(C(=O)Nc2ccc(I)c(C)n2)cc1[N+](=O)[O-]. The lowest BCUT2D eigenvalue weighted by Crippen LogP contribution is -2.13. The third kappa shape index (κ3) is 3.50. The van der Waals surface area contributed by atoms with Crippen molar-refractivity contribution in [3.8, 4) is 5.75 Å². The van der Waals surface area contributed by atoms with Gasteiger partial charge in [-0.05, 0) is 53.8 Å². The van der Waals surface area contributed by atoms with Crippen LogP contribution in [0.3, 0.4) is 0 Å². The number of hydrogen-bond acceptors (Lipinski definition) is 5. The van der Waals surface area contributed by atoms with Crippen LogP contribution < -0.4 is 10.1 Å². The zero-order chi connectivity index (χ0) is 16.3. The van der Waals surface area contributed by atoms with Gasteiger partial charge in [0.15, 0.2) is 5.75 Å². The molecule has 114 valence electrons. The van der Waals surface area contributed by atoms with Crippen molar-refractivity contribution in [1.29, 1.82) is 0 Å². The van der Waals surface area contributed by atoms with Gasteiger partial charge in [0.2, 0.25) is 0 Å². The number of benzene rings is 1. The molecule has 1 aromatic heterocycles. The van der Waals surface area contributed by atoms with Crippen LogP contribution in [0.1, 0.15) is 16.1 Å². The second kappa shape index (κ2) is 6.69. The molecule has 0 aliphatic heterocycles.